The van der Waals surface area contributed by atoms with Crippen LogP contribution >= 0.6 is 0 Å². The molecule has 2 unspecified atom stereocenters. The number of hydrogen-bond donors (Lipinski definition) is 3. The lowest BCUT2D eigenvalue weighted by Crippen LogP contribution is -2.23. The first-order valence-corrected chi connectivity index (χ1v) is 8.82. The number of nitrogens with two attached hydrogens (primary N) is 1. The van der Waals surface area contributed by atoms with Gasteiger partial charge in [0.25, 0.3) is 0 Å². The Morgan fingerprint density at radius 2 is 2.33 bits per heavy atom. The van der Waals surface area contributed by atoms with Crippen LogP contribution in [0.5, 0.6) is 0 Å². The van der Waals surface area contributed by atoms with Crippen LogP contribution in [0, 0.1) is 0 Å². The fraction of sp³-hybridized carbons (Fsp3) is 0.647. The molecule has 0 spiro atoms. The van der Waals surface area contributed by atoms with Gasteiger partial charge in [-0.05, 0) is 31.7 Å². The number of fused-ring (bicyclic) bond motifs is 1. The molecule has 0 aromatic carbocycles. The van der Waals surface area contributed by atoms with Crippen molar-refractivity contribution in [1.29, 1.82) is 0 Å². The van der Waals surface area contributed by atoms with Gasteiger partial charge in [-0.2, -0.15) is 4.98 Å². The molecule has 7 nitrogen and oxygen atoms in total. The van der Waals surface area contributed by atoms with E-state index < -0.39 is 0 Å². The zero-order chi connectivity index (χ0) is 16.9. The lowest BCUT2D eigenvalue weighted by molar-refractivity contribution is 0.0980. The second-order valence-electron chi connectivity index (χ2n) is 6.41. The second kappa shape index (κ2) is 7.81. The number of nitrogens with zero attached hydrogens (tertiary/aromatic N) is 3. The zero-order valence-electron chi connectivity index (χ0n) is 14.2. The van der Waals surface area contributed by atoms with Crippen LogP contribution in [0.15, 0.2) is 12.3 Å². The van der Waals surface area contributed by atoms with E-state index in [1.54, 1.807) is 0 Å². The van der Waals surface area contributed by atoms with Crippen molar-refractivity contribution < 1.29 is 9.84 Å². The van der Waals surface area contributed by atoms with Gasteiger partial charge in [0.1, 0.15) is 5.52 Å². The van der Waals surface area contributed by atoms with Crippen LogP contribution < -0.4 is 11.1 Å². The smallest absolute Gasteiger partial charge is 0.222 e. The lowest BCUT2D eigenvalue weighted by atomic mass is 10.1. The number of nitrogen functional groups attached to an aromatic ring is 1. The summed E-state index contributed by atoms with van der Waals surface area (Å²) < 4.78 is 7.91. The van der Waals surface area contributed by atoms with Crippen molar-refractivity contribution in [3.63, 3.8) is 0 Å². The highest BCUT2D eigenvalue weighted by molar-refractivity contribution is 5.87. The molecule has 24 heavy (non-hydrogen) atoms. The van der Waals surface area contributed by atoms with E-state index in [2.05, 4.69) is 26.8 Å². The number of ether oxygens (including phenoxy) is 1. The summed E-state index contributed by atoms with van der Waals surface area (Å²) in [6.45, 7) is 3.92. The van der Waals surface area contributed by atoms with E-state index in [1.165, 1.54) is 0 Å². The first kappa shape index (κ1) is 17.0. The lowest BCUT2D eigenvalue weighted by Gasteiger charge is -2.20. The summed E-state index contributed by atoms with van der Waals surface area (Å²) >= 11 is 0. The van der Waals surface area contributed by atoms with Crippen LogP contribution in [0.25, 0.3) is 11.0 Å². The molecule has 0 saturated carbocycles. The van der Waals surface area contributed by atoms with Crippen molar-refractivity contribution in [3.8, 4) is 0 Å². The maximum absolute atomic E-state index is 9.29. The van der Waals surface area contributed by atoms with E-state index in [-0.39, 0.29) is 24.7 Å². The summed E-state index contributed by atoms with van der Waals surface area (Å²) in [5.74, 6) is 1.01. The molecule has 0 bridgehead atoms. The van der Waals surface area contributed by atoms with Gasteiger partial charge in [-0.15, -0.1) is 0 Å². The molecule has 3 heterocycles. The Balaban J connectivity index is 1.90. The fourth-order valence-corrected chi connectivity index (χ4v) is 3.37. The molecule has 0 aliphatic carbocycles. The van der Waals surface area contributed by atoms with Crippen molar-refractivity contribution in [2.24, 2.45) is 0 Å². The van der Waals surface area contributed by atoms with Crippen LogP contribution in [-0.4, -0.2) is 45.0 Å². The average molecular weight is 333 g/mol. The van der Waals surface area contributed by atoms with Crippen LogP contribution in [0.1, 0.15) is 39.0 Å². The second-order valence-corrected chi connectivity index (χ2v) is 6.41. The van der Waals surface area contributed by atoms with Gasteiger partial charge in [0.2, 0.25) is 5.95 Å². The molecule has 1 fully saturated rings. The highest BCUT2D eigenvalue weighted by Gasteiger charge is 2.20. The molecule has 2 aromatic heterocycles. The Bertz CT molecular complexity index is 660. The van der Waals surface area contributed by atoms with E-state index in [1.807, 2.05) is 12.3 Å². The van der Waals surface area contributed by atoms with Gasteiger partial charge >= 0.3 is 0 Å². The first-order chi connectivity index (χ1) is 11.7. The number of aromatic nitrogens is 3. The molecule has 7 heteroatoms. The number of nitrogens with one attached hydrogen (secondary N) is 1. The zero-order valence-corrected chi connectivity index (χ0v) is 14.2. The van der Waals surface area contributed by atoms with E-state index in [0.717, 1.165) is 55.7 Å². The van der Waals surface area contributed by atoms with Crippen LogP contribution in [-0.2, 0) is 11.3 Å². The van der Waals surface area contributed by atoms with Gasteiger partial charge < -0.3 is 25.5 Å². The Hall–Kier alpha value is -1.86. The third-order valence-electron chi connectivity index (χ3n) is 4.51. The monoisotopic (exact) mass is 333 g/mol. The number of aliphatic hydroxyl groups excluding tert-OH is 1. The van der Waals surface area contributed by atoms with Gasteiger partial charge in [-0.25, -0.2) is 4.98 Å². The predicted octanol–water partition coefficient (Wildman–Crippen LogP) is 2.16. The van der Waals surface area contributed by atoms with Gasteiger partial charge in [0, 0.05) is 32.0 Å². The molecular formula is C17H27N5O2. The quantitative estimate of drug-likeness (QED) is 0.685. The SMILES string of the molecule is CCCC(CCO)Nc1nc(N)nc2ccn(CC3CCCO3)c12. The third kappa shape index (κ3) is 3.79. The minimum atomic E-state index is 0.151. The van der Waals surface area contributed by atoms with Gasteiger partial charge in [-0.1, -0.05) is 13.3 Å². The molecule has 2 atom stereocenters. The largest absolute Gasteiger partial charge is 0.396 e. The van der Waals surface area contributed by atoms with Crippen LogP contribution in [0.2, 0.25) is 0 Å². The number of aliphatic hydroxyl groups is 1. The highest BCUT2D eigenvalue weighted by atomic mass is 16.5. The minimum absolute atomic E-state index is 0.151. The van der Waals surface area contributed by atoms with Gasteiger partial charge in [-0.3, -0.25) is 0 Å². The third-order valence-corrected chi connectivity index (χ3v) is 4.51. The molecule has 0 amide bonds. The van der Waals surface area contributed by atoms with Crippen molar-refractivity contribution in [3.05, 3.63) is 12.3 Å². The molecular weight excluding hydrogens is 306 g/mol. The van der Waals surface area contributed by atoms with Crippen LogP contribution in [0.4, 0.5) is 11.8 Å². The van der Waals surface area contributed by atoms with E-state index in [9.17, 15) is 5.11 Å². The molecule has 0 radical (unpaired) electrons. The fourth-order valence-electron chi connectivity index (χ4n) is 3.37. The first-order valence-electron chi connectivity index (χ1n) is 8.82. The highest BCUT2D eigenvalue weighted by Crippen LogP contribution is 2.26. The van der Waals surface area contributed by atoms with Gasteiger partial charge in [0.05, 0.1) is 11.6 Å². The molecule has 4 N–H and O–H groups in total. The summed E-state index contributed by atoms with van der Waals surface area (Å²) in [6.07, 6.45) is 7.17. The molecule has 1 saturated heterocycles. The Morgan fingerprint density at radius 1 is 1.46 bits per heavy atom. The normalized spacial score (nSPS) is 19.0. The summed E-state index contributed by atoms with van der Waals surface area (Å²) in [6, 6.07) is 2.14. The van der Waals surface area contributed by atoms with E-state index >= 15 is 0 Å². The van der Waals surface area contributed by atoms with Gasteiger partial charge in [0.15, 0.2) is 5.82 Å². The van der Waals surface area contributed by atoms with Crippen molar-refractivity contribution in [2.45, 2.75) is 57.7 Å². The molecule has 3 rings (SSSR count). The van der Waals surface area contributed by atoms with Crippen molar-refractivity contribution in [1.82, 2.24) is 14.5 Å². The summed E-state index contributed by atoms with van der Waals surface area (Å²) in [4.78, 5) is 8.77. The number of rotatable bonds is 8. The number of anilines is 2. The maximum Gasteiger partial charge on any atom is 0.222 e. The standard InChI is InChI=1S/C17H27N5O2/c1-2-4-12(7-9-23)19-16-15-14(20-17(18)21-16)6-8-22(15)11-13-5-3-10-24-13/h6,8,12-13,23H,2-5,7,9-11H2,1H3,(H3,18,19,20,21). The maximum atomic E-state index is 9.29. The van der Waals surface area contributed by atoms with Crippen molar-refractivity contribution >= 4 is 22.8 Å². The molecule has 1 aliphatic heterocycles. The van der Waals surface area contributed by atoms with E-state index in [0.29, 0.717) is 6.42 Å². The van der Waals surface area contributed by atoms with E-state index in [4.69, 9.17) is 10.5 Å². The summed E-state index contributed by atoms with van der Waals surface area (Å²) in [5, 5.41) is 12.8. The average Bonchev–Trinajstić information content (AvgIpc) is 3.18. The number of hydrogen-bond acceptors (Lipinski definition) is 6. The Labute approximate surface area is 142 Å². The summed E-state index contributed by atoms with van der Waals surface area (Å²) in [7, 11) is 0. The summed E-state index contributed by atoms with van der Waals surface area (Å²) in [5.41, 5.74) is 7.67. The van der Waals surface area contributed by atoms with Crippen molar-refractivity contribution in [2.75, 3.05) is 24.3 Å². The molecule has 132 valence electrons. The Kier molecular flexibility index (Phi) is 5.52. The minimum Gasteiger partial charge on any atom is -0.396 e. The van der Waals surface area contributed by atoms with Crippen LogP contribution in [0.3, 0.4) is 0 Å². The molecule has 1 aliphatic rings. The predicted molar refractivity (Wildman–Crippen MR) is 94.9 cm³/mol. The Morgan fingerprint density at radius 3 is 3.04 bits per heavy atom. The topological polar surface area (TPSA) is 98.2 Å². The molecule has 2 aromatic rings.